The fourth-order valence-corrected chi connectivity index (χ4v) is 4.64. The summed E-state index contributed by atoms with van der Waals surface area (Å²) in [4.78, 5) is 23.6. The van der Waals surface area contributed by atoms with E-state index in [2.05, 4.69) is 58.7 Å². The van der Waals surface area contributed by atoms with Crippen molar-refractivity contribution in [3.63, 3.8) is 0 Å². The molecule has 0 atom stereocenters. The number of benzene rings is 2. The van der Waals surface area contributed by atoms with Gasteiger partial charge in [-0.15, -0.1) is 11.3 Å². The third-order valence-electron chi connectivity index (χ3n) is 5.32. The molecule has 2 N–H and O–H groups in total. The maximum Gasteiger partial charge on any atom is 0.226 e. The Labute approximate surface area is 186 Å². The summed E-state index contributed by atoms with van der Waals surface area (Å²) in [5, 5.41) is 7.39. The van der Waals surface area contributed by atoms with Crippen molar-refractivity contribution in [2.45, 2.75) is 34.1 Å². The van der Waals surface area contributed by atoms with Gasteiger partial charge in [0.15, 0.2) is 0 Å². The highest BCUT2D eigenvalue weighted by Gasteiger charge is 2.17. The Hall–Kier alpha value is -3.25. The summed E-state index contributed by atoms with van der Waals surface area (Å²) in [6.07, 6.45) is 1.93. The molecular formula is C25H26N4OS. The molecule has 0 aliphatic carbocycles. The van der Waals surface area contributed by atoms with Crippen LogP contribution in [0.15, 0.2) is 48.8 Å². The molecule has 0 aliphatic rings. The number of anilines is 2. The van der Waals surface area contributed by atoms with Crippen molar-refractivity contribution in [3.05, 3.63) is 70.4 Å². The summed E-state index contributed by atoms with van der Waals surface area (Å²) >= 11 is 1.67. The number of nitrogens with zero attached hydrogens (tertiary/aromatic N) is 2. The van der Waals surface area contributed by atoms with Gasteiger partial charge in [0.25, 0.3) is 0 Å². The maximum atomic E-state index is 12.5. The van der Waals surface area contributed by atoms with Gasteiger partial charge in [0.2, 0.25) is 5.91 Å². The Morgan fingerprint density at radius 2 is 1.71 bits per heavy atom. The van der Waals surface area contributed by atoms with Crippen LogP contribution in [-0.4, -0.2) is 22.4 Å². The van der Waals surface area contributed by atoms with Gasteiger partial charge in [-0.05, 0) is 50.5 Å². The van der Waals surface area contributed by atoms with Crippen LogP contribution in [0, 0.1) is 27.7 Å². The van der Waals surface area contributed by atoms with Gasteiger partial charge in [0.05, 0.1) is 5.39 Å². The van der Waals surface area contributed by atoms with Crippen LogP contribution >= 0.6 is 11.3 Å². The van der Waals surface area contributed by atoms with Crippen molar-refractivity contribution in [1.29, 1.82) is 0 Å². The second-order valence-electron chi connectivity index (χ2n) is 7.85. The van der Waals surface area contributed by atoms with E-state index in [1.165, 1.54) is 10.4 Å². The normalized spacial score (nSPS) is 11.0. The summed E-state index contributed by atoms with van der Waals surface area (Å²) in [6.45, 7) is 8.71. The molecule has 0 unspecified atom stereocenters. The van der Waals surface area contributed by atoms with E-state index in [1.807, 2.05) is 32.0 Å². The zero-order valence-electron chi connectivity index (χ0n) is 18.2. The number of thiophene rings is 1. The number of fused-ring (bicyclic) bond motifs is 1. The number of carbonyl (C=O) groups is 1. The fraction of sp³-hybridized carbons (Fsp3) is 0.240. The monoisotopic (exact) mass is 430 g/mol. The fourth-order valence-electron chi connectivity index (χ4n) is 3.62. The van der Waals surface area contributed by atoms with Crippen LogP contribution in [0.2, 0.25) is 0 Å². The lowest BCUT2D eigenvalue weighted by molar-refractivity contribution is -0.115. The van der Waals surface area contributed by atoms with E-state index in [0.717, 1.165) is 44.0 Å². The molecule has 0 fully saturated rings. The topological polar surface area (TPSA) is 66.9 Å². The van der Waals surface area contributed by atoms with E-state index in [9.17, 15) is 4.79 Å². The Kier molecular flexibility index (Phi) is 6.00. The second-order valence-corrected chi connectivity index (χ2v) is 9.05. The van der Waals surface area contributed by atoms with E-state index in [0.29, 0.717) is 13.0 Å². The Bertz CT molecular complexity index is 1240. The first-order chi connectivity index (χ1) is 14.9. The number of aryl methyl sites for hydroxylation is 4. The minimum atomic E-state index is -0.0215. The van der Waals surface area contributed by atoms with Gasteiger partial charge in [0, 0.05) is 29.1 Å². The molecule has 0 saturated carbocycles. The van der Waals surface area contributed by atoms with Gasteiger partial charge in [-0.3, -0.25) is 4.79 Å². The molecule has 0 spiro atoms. The number of hydrogen-bond acceptors (Lipinski definition) is 5. The van der Waals surface area contributed by atoms with Crippen molar-refractivity contribution in [2.75, 3.05) is 17.2 Å². The lowest BCUT2D eigenvalue weighted by Gasteiger charge is -2.11. The lowest BCUT2D eigenvalue weighted by Crippen LogP contribution is -2.17. The van der Waals surface area contributed by atoms with Crippen LogP contribution in [0.25, 0.3) is 21.3 Å². The lowest BCUT2D eigenvalue weighted by atomic mass is 10.0. The molecule has 158 valence electrons. The summed E-state index contributed by atoms with van der Waals surface area (Å²) in [5.74, 6) is 0.746. The Balaban J connectivity index is 1.52. The molecule has 4 rings (SSSR count). The summed E-state index contributed by atoms with van der Waals surface area (Å²) < 4.78 is 0. The van der Waals surface area contributed by atoms with Gasteiger partial charge < -0.3 is 10.6 Å². The van der Waals surface area contributed by atoms with Gasteiger partial charge in [-0.25, -0.2) is 9.97 Å². The number of hydrogen-bond donors (Lipinski definition) is 2. The Morgan fingerprint density at radius 1 is 0.968 bits per heavy atom. The predicted molar refractivity (Wildman–Crippen MR) is 130 cm³/mol. The minimum Gasteiger partial charge on any atom is -0.369 e. The average Bonchev–Trinajstić information content (AvgIpc) is 3.08. The number of aromatic nitrogens is 2. The van der Waals surface area contributed by atoms with Crippen LogP contribution in [0.4, 0.5) is 11.5 Å². The second kappa shape index (κ2) is 8.86. The molecule has 2 heterocycles. The summed E-state index contributed by atoms with van der Waals surface area (Å²) in [6, 6.07) is 14.6. The van der Waals surface area contributed by atoms with Gasteiger partial charge in [0.1, 0.15) is 17.0 Å². The zero-order chi connectivity index (χ0) is 22.0. The van der Waals surface area contributed by atoms with Crippen LogP contribution in [-0.2, 0) is 4.79 Å². The number of amides is 1. The quantitative estimate of drug-likeness (QED) is 0.392. The molecule has 1 amide bonds. The van der Waals surface area contributed by atoms with Crippen molar-refractivity contribution in [1.82, 2.24) is 9.97 Å². The van der Waals surface area contributed by atoms with Gasteiger partial charge in [-0.1, -0.05) is 42.0 Å². The van der Waals surface area contributed by atoms with Crippen molar-refractivity contribution < 1.29 is 4.79 Å². The Morgan fingerprint density at radius 3 is 2.48 bits per heavy atom. The van der Waals surface area contributed by atoms with Crippen molar-refractivity contribution in [3.8, 4) is 11.1 Å². The van der Waals surface area contributed by atoms with E-state index < -0.39 is 0 Å². The SMILES string of the molecule is Cc1ccc(-c2c(C)sc3ncnc(NCCC(=O)Nc4cc(C)ccc4C)c23)cc1. The zero-order valence-corrected chi connectivity index (χ0v) is 19.1. The first kappa shape index (κ1) is 21.0. The number of rotatable bonds is 6. The maximum absolute atomic E-state index is 12.5. The van der Waals surface area contributed by atoms with Crippen molar-refractivity contribution >= 4 is 39.0 Å². The smallest absolute Gasteiger partial charge is 0.226 e. The van der Waals surface area contributed by atoms with Crippen LogP contribution in [0.1, 0.15) is 28.0 Å². The molecule has 0 bridgehead atoms. The van der Waals surface area contributed by atoms with Crippen LogP contribution < -0.4 is 10.6 Å². The van der Waals surface area contributed by atoms with Gasteiger partial charge >= 0.3 is 0 Å². The third-order valence-corrected chi connectivity index (χ3v) is 6.33. The average molecular weight is 431 g/mol. The first-order valence-corrected chi connectivity index (χ1v) is 11.2. The largest absolute Gasteiger partial charge is 0.369 e. The molecule has 2 aromatic carbocycles. The molecular weight excluding hydrogens is 404 g/mol. The molecule has 31 heavy (non-hydrogen) atoms. The van der Waals surface area contributed by atoms with E-state index in [-0.39, 0.29) is 5.91 Å². The molecule has 6 heteroatoms. The molecule has 0 saturated heterocycles. The minimum absolute atomic E-state index is 0.0215. The van der Waals surface area contributed by atoms with E-state index >= 15 is 0 Å². The number of nitrogens with one attached hydrogen (secondary N) is 2. The van der Waals surface area contributed by atoms with Crippen LogP contribution in [0.5, 0.6) is 0 Å². The highest BCUT2D eigenvalue weighted by atomic mass is 32.1. The molecule has 0 radical (unpaired) electrons. The molecule has 5 nitrogen and oxygen atoms in total. The standard InChI is InChI=1S/C25H26N4OS/c1-15-6-9-19(10-7-15)22-18(4)31-25-23(22)24(27-14-28-25)26-12-11-21(30)29-20-13-16(2)5-8-17(20)3/h5-10,13-14H,11-12H2,1-4H3,(H,29,30)(H,26,27,28). The predicted octanol–water partition coefficient (Wildman–Crippen LogP) is 6.03. The highest BCUT2D eigenvalue weighted by molar-refractivity contribution is 7.19. The van der Waals surface area contributed by atoms with Crippen LogP contribution in [0.3, 0.4) is 0 Å². The highest BCUT2D eigenvalue weighted by Crippen LogP contribution is 2.40. The molecule has 4 aromatic rings. The summed E-state index contributed by atoms with van der Waals surface area (Å²) in [7, 11) is 0. The first-order valence-electron chi connectivity index (χ1n) is 10.3. The van der Waals surface area contributed by atoms with Gasteiger partial charge in [-0.2, -0.15) is 0 Å². The summed E-state index contributed by atoms with van der Waals surface area (Å²) in [5.41, 5.74) is 6.58. The van der Waals surface area contributed by atoms with E-state index in [1.54, 1.807) is 17.7 Å². The number of carbonyl (C=O) groups excluding carboxylic acids is 1. The third kappa shape index (κ3) is 4.59. The van der Waals surface area contributed by atoms with Crippen molar-refractivity contribution in [2.24, 2.45) is 0 Å². The molecule has 0 aliphatic heterocycles. The molecule has 2 aromatic heterocycles. The van der Waals surface area contributed by atoms with E-state index in [4.69, 9.17) is 0 Å².